The van der Waals surface area contributed by atoms with Gasteiger partial charge in [0.05, 0.1) is 11.3 Å². The van der Waals surface area contributed by atoms with Crippen molar-refractivity contribution in [2.24, 2.45) is 5.10 Å². The largest absolute Gasteiger partial charge is 0.359 e. The van der Waals surface area contributed by atoms with Crippen LogP contribution in [0.4, 0.5) is 15.8 Å². The van der Waals surface area contributed by atoms with E-state index in [0.717, 1.165) is 42.8 Å². The van der Waals surface area contributed by atoms with Crippen molar-refractivity contribution >= 4 is 29.8 Å². The predicted molar refractivity (Wildman–Crippen MR) is 136 cm³/mol. The Balaban J connectivity index is 2.30. The van der Waals surface area contributed by atoms with Gasteiger partial charge in [0.25, 0.3) is 0 Å². The standard InChI is InChI=1S/C26H31FN6O/c1-4-31-32(3)23-12-14-24(15-13-23)33(20(2)9-7-5-6-8-16-30-19-34)26(29)21-10-11-22(18-28)25(27)17-21/h4,9-15,17,19,29H,5-8,16H2,1-3H3,(H,30,34)/b20-9+,29-26?,31-4-. The van der Waals surface area contributed by atoms with Crippen LogP contribution in [-0.2, 0) is 4.79 Å². The van der Waals surface area contributed by atoms with Crippen molar-refractivity contribution in [3.63, 3.8) is 0 Å². The van der Waals surface area contributed by atoms with Crippen LogP contribution in [-0.4, -0.2) is 32.1 Å². The number of amidine groups is 1. The highest BCUT2D eigenvalue weighted by Gasteiger charge is 2.18. The minimum absolute atomic E-state index is 0.0525. The van der Waals surface area contributed by atoms with Gasteiger partial charge in [-0.15, -0.1) is 0 Å². The van der Waals surface area contributed by atoms with Crippen molar-refractivity contribution in [3.05, 3.63) is 71.2 Å². The topological polar surface area (TPSA) is 95.6 Å². The molecule has 0 saturated heterocycles. The van der Waals surface area contributed by atoms with Gasteiger partial charge in [-0.2, -0.15) is 10.4 Å². The van der Waals surface area contributed by atoms with E-state index in [-0.39, 0.29) is 11.4 Å². The molecule has 2 rings (SSSR count). The number of hydrazone groups is 1. The van der Waals surface area contributed by atoms with Gasteiger partial charge in [-0.05, 0) is 75.6 Å². The second kappa shape index (κ2) is 13.5. The fraction of sp³-hybridized carbons (Fsp3) is 0.308. The zero-order chi connectivity index (χ0) is 24.9. The van der Waals surface area contributed by atoms with E-state index in [2.05, 4.69) is 16.5 Å². The summed E-state index contributed by atoms with van der Waals surface area (Å²) in [6.07, 6.45) is 8.11. The third kappa shape index (κ3) is 7.27. The minimum atomic E-state index is -0.648. The molecule has 0 aromatic heterocycles. The summed E-state index contributed by atoms with van der Waals surface area (Å²) >= 11 is 0. The highest BCUT2D eigenvalue weighted by molar-refractivity contribution is 6.10. The molecule has 0 heterocycles. The van der Waals surface area contributed by atoms with Crippen molar-refractivity contribution in [1.82, 2.24) is 5.32 Å². The van der Waals surface area contributed by atoms with Crippen LogP contribution in [0.5, 0.6) is 0 Å². The first-order chi connectivity index (χ1) is 16.4. The highest BCUT2D eigenvalue weighted by Crippen LogP contribution is 2.26. The first-order valence-electron chi connectivity index (χ1n) is 11.2. The number of amides is 1. The summed E-state index contributed by atoms with van der Waals surface area (Å²) in [5.74, 6) is -0.537. The number of rotatable bonds is 12. The van der Waals surface area contributed by atoms with Crippen LogP contribution in [0.15, 0.2) is 59.3 Å². The molecule has 0 fully saturated rings. The Bertz CT molecular complexity index is 1070. The lowest BCUT2D eigenvalue weighted by Crippen LogP contribution is -2.29. The average Bonchev–Trinajstić information content (AvgIpc) is 2.84. The van der Waals surface area contributed by atoms with Crippen molar-refractivity contribution in [2.45, 2.75) is 39.5 Å². The monoisotopic (exact) mass is 462 g/mol. The molecule has 2 aromatic rings. The minimum Gasteiger partial charge on any atom is -0.359 e. The molecule has 0 spiro atoms. The van der Waals surface area contributed by atoms with Gasteiger partial charge in [-0.25, -0.2) is 4.39 Å². The third-order valence-electron chi connectivity index (χ3n) is 5.26. The summed E-state index contributed by atoms with van der Waals surface area (Å²) in [7, 11) is 1.85. The Morgan fingerprint density at radius 1 is 1.18 bits per heavy atom. The van der Waals surface area contributed by atoms with Crippen LogP contribution in [0.2, 0.25) is 0 Å². The molecule has 0 aliphatic rings. The number of unbranched alkanes of at least 4 members (excludes halogenated alkanes) is 3. The predicted octanol–water partition coefficient (Wildman–Crippen LogP) is 5.18. The van der Waals surface area contributed by atoms with E-state index in [0.29, 0.717) is 18.5 Å². The second-order valence-corrected chi connectivity index (χ2v) is 7.67. The summed E-state index contributed by atoms with van der Waals surface area (Å²) < 4.78 is 14.3. The lowest BCUT2D eigenvalue weighted by Gasteiger charge is -2.27. The zero-order valence-electron chi connectivity index (χ0n) is 19.9. The maximum Gasteiger partial charge on any atom is 0.207 e. The van der Waals surface area contributed by atoms with Gasteiger partial charge < -0.3 is 5.32 Å². The van der Waals surface area contributed by atoms with Gasteiger partial charge in [-0.3, -0.25) is 20.1 Å². The molecule has 0 unspecified atom stereocenters. The lowest BCUT2D eigenvalue weighted by molar-refractivity contribution is -0.109. The number of hydrogen-bond donors (Lipinski definition) is 2. The summed E-state index contributed by atoms with van der Waals surface area (Å²) in [4.78, 5) is 12.1. The van der Waals surface area contributed by atoms with E-state index >= 15 is 0 Å². The number of anilines is 2. The number of nitriles is 1. The van der Waals surface area contributed by atoms with Crippen LogP contribution >= 0.6 is 0 Å². The Hall–Kier alpha value is -3.99. The summed E-state index contributed by atoms with van der Waals surface area (Å²) in [5, 5.41) is 26.5. The smallest absolute Gasteiger partial charge is 0.207 e. The van der Waals surface area contributed by atoms with E-state index in [4.69, 9.17) is 10.7 Å². The number of nitrogens with one attached hydrogen (secondary N) is 2. The lowest BCUT2D eigenvalue weighted by atomic mass is 10.1. The summed E-state index contributed by atoms with van der Waals surface area (Å²) in [6.45, 7) is 4.43. The Morgan fingerprint density at radius 2 is 1.88 bits per heavy atom. The number of hydrogen-bond acceptors (Lipinski definition) is 5. The van der Waals surface area contributed by atoms with Crippen LogP contribution in [0.3, 0.4) is 0 Å². The number of halogens is 1. The average molecular weight is 463 g/mol. The Kier molecular flexibility index (Phi) is 10.5. The maximum atomic E-state index is 14.3. The van der Waals surface area contributed by atoms with Gasteiger partial charge in [0.15, 0.2) is 0 Å². The van der Waals surface area contributed by atoms with E-state index in [9.17, 15) is 9.18 Å². The molecule has 0 aliphatic heterocycles. The van der Waals surface area contributed by atoms with E-state index < -0.39 is 5.82 Å². The summed E-state index contributed by atoms with van der Waals surface area (Å²) in [6, 6.07) is 13.6. The molecule has 0 aliphatic carbocycles. The van der Waals surface area contributed by atoms with Crippen molar-refractivity contribution in [3.8, 4) is 6.07 Å². The van der Waals surface area contributed by atoms with Crippen molar-refractivity contribution in [2.75, 3.05) is 23.5 Å². The van der Waals surface area contributed by atoms with E-state index in [1.54, 1.807) is 22.2 Å². The molecule has 0 saturated carbocycles. The fourth-order valence-electron chi connectivity index (χ4n) is 3.46. The van der Waals surface area contributed by atoms with Gasteiger partial charge in [0.1, 0.15) is 17.7 Å². The molecule has 1 amide bonds. The summed E-state index contributed by atoms with van der Waals surface area (Å²) in [5.41, 5.74) is 2.82. The number of nitrogens with zero attached hydrogens (tertiary/aromatic N) is 4. The fourth-order valence-corrected chi connectivity index (χ4v) is 3.46. The Morgan fingerprint density at radius 3 is 2.50 bits per heavy atom. The molecule has 8 heteroatoms. The Labute approximate surface area is 200 Å². The number of benzene rings is 2. The molecule has 2 N–H and O–H groups in total. The molecular formula is C26H31FN6O. The molecule has 178 valence electrons. The van der Waals surface area contributed by atoms with Crippen LogP contribution in [0, 0.1) is 22.6 Å². The maximum absolute atomic E-state index is 14.3. The van der Waals surface area contributed by atoms with Crippen LogP contribution < -0.4 is 15.2 Å². The van der Waals surface area contributed by atoms with Gasteiger partial charge >= 0.3 is 0 Å². The molecule has 34 heavy (non-hydrogen) atoms. The van der Waals surface area contributed by atoms with E-state index in [1.807, 2.05) is 51.2 Å². The normalized spacial score (nSPS) is 11.2. The number of carbonyl (C=O) groups is 1. The van der Waals surface area contributed by atoms with E-state index in [1.165, 1.54) is 12.1 Å². The molecular weight excluding hydrogens is 431 g/mol. The number of allylic oxidation sites excluding steroid dienone is 2. The molecule has 0 atom stereocenters. The van der Waals surface area contributed by atoms with Gasteiger partial charge in [0, 0.05) is 36.8 Å². The third-order valence-corrected chi connectivity index (χ3v) is 5.26. The number of carbonyl (C=O) groups excluding carboxylic acids is 1. The first kappa shape index (κ1) is 26.3. The molecule has 0 radical (unpaired) electrons. The van der Waals surface area contributed by atoms with Crippen LogP contribution in [0.25, 0.3) is 0 Å². The molecule has 0 bridgehead atoms. The van der Waals surface area contributed by atoms with Crippen molar-refractivity contribution in [1.29, 1.82) is 10.7 Å². The van der Waals surface area contributed by atoms with Crippen LogP contribution in [0.1, 0.15) is 50.7 Å². The van der Waals surface area contributed by atoms with Gasteiger partial charge in [0.2, 0.25) is 6.41 Å². The van der Waals surface area contributed by atoms with Crippen molar-refractivity contribution < 1.29 is 9.18 Å². The van der Waals surface area contributed by atoms with Gasteiger partial charge in [-0.1, -0.05) is 12.5 Å². The molecule has 2 aromatic carbocycles. The first-order valence-corrected chi connectivity index (χ1v) is 11.2. The quantitative estimate of drug-likeness (QED) is 0.149. The zero-order valence-corrected chi connectivity index (χ0v) is 19.9. The highest BCUT2D eigenvalue weighted by atomic mass is 19.1. The second-order valence-electron chi connectivity index (χ2n) is 7.67. The SMILES string of the molecule is C/C=N\N(C)c1ccc(N(C(=N)c2ccc(C#N)c(F)c2)/C(C)=C/CCCCCNC=O)cc1. The molecule has 7 nitrogen and oxygen atoms in total.